The molecule has 3 N–H and O–H groups in total. The molecule has 1 unspecified atom stereocenters. The number of ketones is 1. The van der Waals surface area contributed by atoms with Crippen LogP contribution in [0.2, 0.25) is 0 Å². The number of quaternary nitrogens is 1. The molecular formula is C18H25NO7S. The fourth-order valence-electron chi connectivity index (χ4n) is 2.01. The molecule has 0 heterocycles. The molecule has 0 saturated heterocycles. The Morgan fingerprint density at radius 2 is 1.81 bits per heavy atom. The van der Waals surface area contributed by atoms with Crippen molar-refractivity contribution in [3.63, 3.8) is 0 Å². The molecule has 0 aliphatic heterocycles. The fraction of sp³-hybridized carbons (Fsp3) is 0.444. The number of rotatable bonds is 10. The van der Waals surface area contributed by atoms with Crippen LogP contribution in [0.5, 0.6) is 0 Å². The van der Waals surface area contributed by atoms with Crippen LogP contribution in [0, 0.1) is 0 Å². The number of carboxylic acids is 2. The molecule has 0 amide bonds. The van der Waals surface area contributed by atoms with Crippen molar-refractivity contribution in [2.75, 3.05) is 25.2 Å². The standard InChI is InChI=1S/C16H23NO3S.C2H2O4/c1-3-20-16(19)14(10-12-21-2)17-11-9-15(18)13-7-5-4-6-8-13;3-1(4)2(5)6/h4-8,14,17H,3,9-12H2,1-2H3;(H,3,4)(H,5,6). The van der Waals surface area contributed by atoms with Gasteiger partial charge < -0.3 is 25.1 Å². The van der Waals surface area contributed by atoms with Crippen molar-refractivity contribution < 1.29 is 39.4 Å². The molecule has 0 bridgehead atoms. The van der Waals surface area contributed by atoms with Gasteiger partial charge in [-0.25, -0.2) is 9.59 Å². The zero-order valence-corrected chi connectivity index (χ0v) is 16.2. The van der Waals surface area contributed by atoms with E-state index in [-0.39, 0.29) is 17.8 Å². The van der Waals surface area contributed by atoms with E-state index in [1.165, 1.54) is 0 Å². The first-order chi connectivity index (χ1) is 12.8. The van der Waals surface area contributed by atoms with E-state index < -0.39 is 11.9 Å². The highest BCUT2D eigenvalue weighted by atomic mass is 32.2. The summed E-state index contributed by atoms with van der Waals surface area (Å²) in [5.41, 5.74) is 0.725. The van der Waals surface area contributed by atoms with Crippen LogP contribution in [0.1, 0.15) is 30.1 Å². The van der Waals surface area contributed by atoms with E-state index in [4.69, 9.17) is 24.5 Å². The first-order valence-electron chi connectivity index (χ1n) is 8.34. The number of Topliss-reactive ketones (excluding diaryl/α,β-unsaturated/α-hetero) is 1. The van der Waals surface area contributed by atoms with Gasteiger partial charge in [0.05, 0.1) is 19.6 Å². The number of carbonyl (C=O) groups excluding carboxylic acids is 3. The highest BCUT2D eigenvalue weighted by Crippen LogP contribution is 2.02. The smallest absolute Gasteiger partial charge is 0.364 e. The first-order valence-corrected chi connectivity index (χ1v) is 9.74. The minimum Gasteiger partial charge on any atom is -0.539 e. The van der Waals surface area contributed by atoms with E-state index in [9.17, 15) is 9.59 Å². The number of ether oxygens (including phenoxy) is 1. The third-order valence-electron chi connectivity index (χ3n) is 3.32. The van der Waals surface area contributed by atoms with E-state index in [2.05, 4.69) is 0 Å². The van der Waals surface area contributed by atoms with E-state index in [0.29, 0.717) is 19.6 Å². The van der Waals surface area contributed by atoms with Gasteiger partial charge in [0.15, 0.2) is 17.8 Å². The fourth-order valence-corrected chi connectivity index (χ4v) is 2.50. The Labute approximate surface area is 162 Å². The lowest BCUT2D eigenvalue weighted by Gasteiger charge is -2.13. The Morgan fingerprint density at radius 3 is 2.30 bits per heavy atom. The van der Waals surface area contributed by atoms with Gasteiger partial charge in [-0.2, -0.15) is 11.8 Å². The second-order valence-electron chi connectivity index (χ2n) is 5.30. The van der Waals surface area contributed by atoms with Gasteiger partial charge in [-0.05, 0) is 18.9 Å². The molecule has 9 heteroatoms. The number of benzene rings is 1. The molecule has 1 aromatic carbocycles. The number of aliphatic carboxylic acids is 2. The Morgan fingerprint density at radius 1 is 1.22 bits per heavy atom. The first kappa shape index (κ1) is 24.6. The van der Waals surface area contributed by atoms with Crippen LogP contribution in [0.4, 0.5) is 0 Å². The normalized spacial score (nSPS) is 10.9. The van der Waals surface area contributed by atoms with Crippen molar-refractivity contribution in [1.82, 2.24) is 0 Å². The molecule has 0 aliphatic rings. The van der Waals surface area contributed by atoms with Crippen molar-refractivity contribution >= 4 is 35.5 Å². The van der Waals surface area contributed by atoms with Gasteiger partial charge in [-0.15, -0.1) is 0 Å². The van der Waals surface area contributed by atoms with E-state index in [1.54, 1.807) is 11.8 Å². The summed E-state index contributed by atoms with van der Waals surface area (Å²) in [6, 6.07) is 9.04. The van der Waals surface area contributed by atoms with Gasteiger partial charge in [0.1, 0.15) is 0 Å². The molecule has 27 heavy (non-hydrogen) atoms. The number of thioether (sulfide) groups is 1. The van der Waals surface area contributed by atoms with Crippen LogP contribution < -0.4 is 10.4 Å². The predicted octanol–water partition coefficient (Wildman–Crippen LogP) is -0.671. The minimum absolute atomic E-state index is 0.110. The maximum absolute atomic E-state index is 12.0. The molecule has 0 radical (unpaired) electrons. The van der Waals surface area contributed by atoms with E-state index in [0.717, 1.165) is 17.7 Å². The van der Waals surface area contributed by atoms with Crippen LogP contribution in [0.15, 0.2) is 30.3 Å². The SMILES string of the molecule is CCOC(=O)C(CCSC)[NH2+]CCC(=O)c1ccccc1.O=C([O-])C(=O)O. The monoisotopic (exact) mass is 399 g/mol. The molecule has 0 saturated carbocycles. The van der Waals surface area contributed by atoms with Gasteiger partial charge >= 0.3 is 11.9 Å². The second-order valence-corrected chi connectivity index (χ2v) is 6.28. The molecule has 0 aliphatic carbocycles. The molecule has 1 atom stereocenters. The summed E-state index contributed by atoms with van der Waals surface area (Å²) >= 11 is 1.71. The summed E-state index contributed by atoms with van der Waals surface area (Å²) < 4.78 is 5.08. The summed E-state index contributed by atoms with van der Waals surface area (Å²) in [6.45, 7) is 2.80. The lowest BCUT2D eigenvalue weighted by molar-refractivity contribution is -0.677. The average Bonchev–Trinajstić information content (AvgIpc) is 2.65. The van der Waals surface area contributed by atoms with Gasteiger partial charge in [0.2, 0.25) is 0 Å². The van der Waals surface area contributed by atoms with Gasteiger partial charge in [0.25, 0.3) is 0 Å². The van der Waals surface area contributed by atoms with Crippen LogP contribution in [-0.2, 0) is 19.1 Å². The Kier molecular flexibility index (Phi) is 13.4. The third-order valence-corrected chi connectivity index (χ3v) is 3.96. The number of hydrogen-bond acceptors (Lipinski definition) is 7. The Balaban J connectivity index is 0.000000972. The highest BCUT2D eigenvalue weighted by molar-refractivity contribution is 7.98. The van der Waals surface area contributed by atoms with E-state index >= 15 is 0 Å². The second kappa shape index (κ2) is 14.7. The van der Waals surface area contributed by atoms with Crippen LogP contribution in [0.25, 0.3) is 0 Å². The van der Waals surface area contributed by atoms with Crippen molar-refractivity contribution in [3.05, 3.63) is 35.9 Å². The minimum atomic E-state index is -2.07. The summed E-state index contributed by atoms with van der Waals surface area (Å²) in [5, 5.41) is 18.2. The quantitative estimate of drug-likeness (QED) is 0.300. The highest BCUT2D eigenvalue weighted by Gasteiger charge is 2.22. The molecule has 1 rings (SSSR count). The number of carboxylic acid groups (broad SMARTS) is 2. The predicted molar refractivity (Wildman–Crippen MR) is 98.2 cm³/mol. The molecule has 0 aromatic heterocycles. The van der Waals surface area contributed by atoms with Crippen LogP contribution in [0.3, 0.4) is 0 Å². The van der Waals surface area contributed by atoms with Gasteiger partial charge in [-0.1, -0.05) is 30.3 Å². The van der Waals surface area contributed by atoms with Gasteiger partial charge in [0, 0.05) is 12.0 Å². The molecule has 150 valence electrons. The van der Waals surface area contributed by atoms with Crippen molar-refractivity contribution in [3.8, 4) is 0 Å². The maximum atomic E-state index is 12.0. The molecule has 8 nitrogen and oxygen atoms in total. The number of hydrogen-bond donors (Lipinski definition) is 2. The number of nitrogens with two attached hydrogens (primary N) is 1. The lowest BCUT2D eigenvalue weighted by atomic mass is 10.1. The van der Waals surface area contributed by atoms with Crippen molar-refractivity contribution in [2.45, 2.75) is 25.8 Å². The third kappa shape index (κ3) is 11.8. The van der Waals surface area contributed by atoms with E-state index in [1.807, 2.05) is 48.8 Å². The van der Waals surface area contributed by atoms with Gasteiger partial charge in [-0.3, -0.25) is 4.79 Å². The largest absolute Gasteiger partial charge is 0.539 e. The maximum Gasteiger partial charge on any atom is 0.364 e. The zero-order chi connectivity index (χ0) is 20.7. The average molecular weight is 399 g/mol. The summed E-state index contributed by atoms with van der Waals surface area (Å²) in [6.07, 6.45) is 3.21. The van der Waals surface area contributed by atoms with Crippen LogP contribution >= 0.6 is 11.8 Å². The Bertz CT molecular complexity index is 595. The number of carbonyl (C=O) groups is 4. The van der Waals surface area contributed by atoms with Crippen molar-refractivity contribution in [2.24, 2.45) is 0 Å². The summed E-state index contributed by atoms with van der Waals surface area (Å²) in [5.74, 6) is -3.17. The number of esters is 1. The summed E-state index contributed by atoms with van der Waals surface area (Å²) in [7, 11) is 0. The molecular weight excluding hydrogens is 374 g/mol. The Hall–Kier alpha value is -2.39. The van der Waals surface area contributed by atoms with Crippen LogP contribution in [-0.4, -0.2) is 60.0 Å². The molecule has 1 aromatic rings. The zero-order valence-electron chi connectivity index (χ0n) is 15.4. The topological polar surface area (TPSA) is 137 Å². The van der Waals surface area contributed by atoms with Crippen molar-refractivity contribution in [1.29, 1.82) is 0 Å². The summed E-state index contributed by atoms with van der Waals surface area (Å²) in [4.78, 5) is 41.9. The lowest BCUT2D eigenvalue weighted by Crippen LogP contribution is -2.92. The molecule has 0 fully saturated rings. The molecule has 0 spiro atoms.